The highest BCUT2D eigenvalue weighted by molar-refractivity contribution is 7.89. The zero-order chi connectivity index (χ0) is 14.0. The summed E-state index contributed by atoms with van der Waals surface area (Å²) in [6.07, 6.45) is 2.29. The van der Waals surface area contributed by atoms with E-state index in [1.807, 2.05) is 0 Å². The maximum Gasteiger partial charge on any atom is 0.256 e. The van der Waals surface area contributed by atoms with Gasteiger partial charge in [0.05, 0.1) is 0 Å². The molecule has 1 aromatic rings. The highest BCUT2D eigenvalue weighted by Crippen LogP contribution is 2.21. The van der Waals surface area contributed by atoms with E-state index in [1.165, 1.54) is 31.2 Å². The van der Waals surface area contributed by atoms with Crippen molar-refractivity contribution in [3.63, 3.8) is 0 Å². The lowest BCUT2D eigenvalue weighted by atomic mass is 10.2. The van der Waals surface area contributed by atoms with E-state index in [2.05, 4.69) is 10.1 Å². The minimum atomic E-state index is -3.86. The SMILES string of the molecule is CN(C)NS(=O)(=O)c1cc(CNC2CC2)ccc1F. The lowest BCUT2D eigenvalue weighted by Gasteiger charge is -2.14. The molecule has 0 heterocycles. The fourth-order valence-electron chi connectivity index (χ4n) is 1.70. The second-order valence-electron chi connectivity index (χ2n) is 4.91. The van der Waals surface area contributed by atoms with Crippen LogP contribution < -0.4 is 10.1 Å². The third kappa shape index (κ3) is 3.97. The quantitative estimate of drug-likeness (QED) is 0.761. The van der Waals surface area contributed by atoms with Gasteiger partial charge in [-0.2, -0.15) is 0 Å². The standard InChI is InChI=1S/C12H18FN3O2S/c1-16(2)15-19(17,18)12-7-9(3-6-11(12)13)8-14-10-4-5-10/h3,6-7,10,14-15H,4-5,8H2,1-2H3. The van der Waals surface area contributed by atoms with Crippen molar-refractivity contribution in [1.29, 1.82) is 0 Å². The van der Waals surface area contributed by atoms with Crippen LogP contribution >= 0.6 is 0 Å². The molecule has 2 N–H and O–H groups in total. The lowest BCUT2D eigenvalue weighted by molar-refractivity contribution is 0.362. The summed E-state index contributed by atoms with van der Waals surface area (Å²) in [5.74, 6) is -0.746. The summed E-state index contributed by atoms with van der Waals surface area (Å²) in [4.78, 5) is 1.90. The van der Waals surface area contributed by atoms with E-state index in [-0.39, 0.29) is 4.90 Å². The van der Waals surface area contributed by atoms with Crippen LogP contribution in [0.4, 0.5) is 4.39 Å². The normalized spacial score (nSPS) is 16.0. The Morgan fingerprint density at radius 1 is 1.37 bits per heavy atom. The van der Waals surface area contributed by atoms with Gasteiger partial charge in [0.1, 0.15) is 10.7 Å². The topological polar surface area (TPSA) is 61.4 Å². The van der Waals surface area contributed by atoms with Crippen LogP contribution in [0.3, 0.4) is 0 Å². The van der Waals surface area contributed by atoms with Crippen LogP contribution in [0, 0.1) is 5.82 Å². The third-order valence-electron chi connectivity index (χ3n) is 2.76. The Labute approximate surface area is 112 Å². The molecule has 0 saturated heterocycles. The van der Waals surface area contributed by atoms with E-state index in [0.717, 1.165) is 18.4 Å². The van der Waals surface area contributed by atoms with Crippen molar-refractivity contribution in [2.45, 2.75) is 30.3 Å². The van der Waals surface area contributed by atoms with E-state index in [9.17, 15) is 12.8 Å². The molecule has 2 rings (SSSR count). The maximum absolute atomic E-state index is 13.7. The van der Waals surface area contributed by atoms with Gasteiger partial charge in [0.15, 0.2) is 0 Å². The maximum atomic E-state index is 13.7. The van der Waals surface area contributed by atoms with Crippen molar-refractivity contribution in [3.05, 3.63) is 29.6 Å². The highest BCUT2D eigenvalue weighted by atomic mass is 32.2. The molecule has 0 aromatic heterocycles. The van der Waals surface area contributed by atoms with Gasteiger partial charge in [-0.25, -0.2) is 17.8 Å². The molecule has 0 atom stereocenters. The van der Waals surface area contributed by atoms with Crippen LogP contribution in [0.2, 0.25) is 0 Å². The molecule has 0 radical (unpaired) electrons. The van der Waals surface area contributed by atoms with Crippen LogP contribution in [0.1, 0.15) is 18.4 Å². The van der Waals surface area contributed by atoms with Crippen LogP contribution in [-0.4, -0.2) is 33.6 Å². The van der Waals surface area contributed by atoms with Crippen LogP contribution in [-0.2, 0) is 16.6 Å². The highest BCUT2D eigenvalue weighted by Gasteiger charge is 2.22. The molecule has 0 aliphatic heterocycles. The Bertz CT molecular complexity index is 556. The average molecular weight is 287 g/mol. The average Bonchev–Trinajstić information content (AvgIpc) is 3.09. The number of nitrogens with zero attached hydrogens (tertiary/aromatic N) is 1. The number of sulfonamides is 1. The summed E-state index contributed by atoms with van der Waals surface area (Å²) in [6.45, 7) is 0.551. The smallest absolute Gasteiger partial charge is 0.256 e. The Kier molecular flexibility index (Phi) is 4.19. The number of hydrogen-bond donors (Lipinski definition) is 2. The Balaban J connectivity index is 2.20. The molecule has 0 spiro atoms. The van der Waals surface area contributed by atoms with Gasteiger partial charge in [0, 0.05) is 26.7 Å². The van der Waals surface area contributed by atoms with Gasteiger partial charge >= 0.3 is 0 Å². The third-order valence-corrected chi connectivity index (χ3v) is 4.26. The zero-order valence-corrected chi connectivity index (χ0v) is 11.8. The van der Waals surface area contributed by atoms with Gasteiger partial charge in [0.2, 0.25) is 0 Å². The number of hydrogen-bond acceptors (Lipinski definition) is 4. The summed E-state index contributed by atoms with van der Waals surface area (Å²) in [6, 6.07) is 4.68. The number of hydrazine groups is 1. The van der Waals surface area contributed by atoms with Gasteiger partial charge in [-0.1, -0.05) is 6.07 Å². The van der Waals surface area contributed by atoms with E-state index < -0.39 is 15.8 Å². The Morgan fingerprint density at radius 3 is 2.63 bits per heavy atom. The number of nitrogens with one attached hydrogen (secondary N) is 2. The summed E-state index contributed by atoms with van der Waals surface area (Å²) >= 11 is 0. The van der Waals surface area contributed by atoms with Crippen LogP contribution in [0.25, 0.3) is 0 Å². The fraction of sp³-hybridized carbons (Fsp3) is 0.500. The number of halogens is 1. The van der Waals surface area contributed by atoms with Crippen LogP contribution in [0.5, 0.6) is 0 Å². The molecule has 1 aromatic carbocycles. The van der Waals surface area contributed by atoms with E-state index >= 15 is 0 Å². The van der Waals surface area contributed by atoms with Crippen molar-refractivity contribution >= 4 is 10.0 Å². The predicted octanol–water partition coefficient (Wildman–Crippen LogP) is 0.833. The Hall–Kier alpha value is -1.02. The molecule has 19 heavy (non-hydrogen) atoms. The molecule has 1 aliphatic carbocycles. The molecule has 7 heteroatoms. The van der Waals surface area contributed by atoms with Gasteiger partial charge in [-0.3, -0.25) is 0 Å². The molecule has 0 unspecified atom stereocenters. The number of benzene rings is 1. The first-order valence-corrected chi connectivity index (χ1v) is 7.58. The van der Waals surface area contributed by atoms with Crippen molar-refractivity contribution < 1.29 is 12.8 Å². The first-order chi connectivity index (χ1) is 8.88. The first-order valence-electron chi connectivity index (χ1n) is 6.10. The second kappa shape index (κ2) is 5.54. The van der Waals surface area contributed by atoms with Crippen LogP contribution in [0.15, 0.2) is 23.1 Å². The van der Waals surface area contributed by atoms with E-state index in [1.54, 1.807) is 6.07 Å². The molecule has 1 aliphatic rings. The molecule has 5 nitrogen and oxygen atoms in total. The number of rotatable bonds is 6. The van der Waals surface area contributed by atoms with Crippen molar-refractivity contribution in [1.82, 2.24) is 15.2 Å². The van der Waals surface area contributed by atoms with Crippen molar-refractivity contribution in [3.8, 4) is 0 Å². The fourth-order valence-corrected chi connectivity index (χ4v) is 2.91. The first kappa shape index (κ1) is 14.4. The minimum absolute atomic E-state index is 0.323. The summed E-state index contributed by atoms with van der Waals surface area (Å²) < 4.78 is 37.6. The van der Waals surface area contributed by atoms with Gasteiger partial charge in [0.25, 0.3) is 10.0 Å². The summed E-state index contributed by atoms with van der Waals surface area (Å²) in [5, 5.41) is 4.53. The Morgan fingerprint density at radius 2 is 2.05 bits per heavy atom. The van der Waals surface area contributed by atoms with Crippen molar-refractivity contribution in [2.75, 3.05) is 14.1 Å². The molecule has 0 bridgehead atoms. The summed E-state index contributed by atoms with van der Waals surface area (Å²) in [7, 11) is -0.791. The van der Waals surface area contributed by atoms with Gasteiger partial charge in [-0.05, 0) is 30.5 Å². The molecule has 1 fully saturated rings. The monoisotopic (exact) mass is 287 g/mol. The molecule has 1 saturated carbocycles. The molecular weight excluding hydrogens is 269 g/mol. The second-order valence-corrected chi connectivity index (χ2v) is 6.54. The van der Waals surface area contributed by atoms with Gasteiger partial charge < -0.3 is 5.32 Å². The lowest BCUT2D eigenvalue weighted by Crippen LogP contribution is -2.36. The zero-order valence-electron chi connectivity index (χ0n) is 11.0. The van der Waals surface area contributed by atoms with Gasteiger partial charge in [-0.15, -0.1) is 4.83 Å². The predicted molar refractivity (Wildman–Crippen MR) is 70.3 cm³/mol. The molecular formula is C12H18FN3O2S. The summed E-state index contributed by atoms with van der Waals surface area (Å²) in [5.41, 5.74) is 0.757. The van der Waals surface area contributed by atoms with Crippen molar-refractivity contribution in [2.24, 2.45) is 0 Å². The van der Waals surface area contributed by atoms with E-state index in [4.69, 9.17) is 0 Å². The van der Waals surface area contributed by atoms with E-state index in [0.29, 0.717) is 12.6 Å². The molecule has 0 amide bonds. The molecule has 106 valence electrons. The minimum Gasteiger partial charge on any atom is -0.310 e. The largest absolute Gasteiger partial charge is 0.310 e.